The molecule has 3 aromatic carbocycles. The second kappa shape index (κ2) is 15.5. The fourth-order valence-corrected chi connectivity index (χ4v) is 4.52. The molecule has 0 fully saturated rings. The number of aromatic hydroxyl groups is 1. The van der Waals surface area contributed by atoms with Gasteiger partial charge in [0.2, 0.25) is 5.91 Å². The zero-order valence-corrected chi connectivity index (χ0v) is 23.7. The van der Waals surface area contributed by atoms with E-state index >= 15 is 0 Å². The molecule has 6 N–H and O–H groups in total. The van der Waals surface area contributed by atoms with Crippen LogP contribution in [0.25, 0.3) is 0 Å². The Morgan fingerprint density at radius 2 is 1.49 bits per heavy atom. The van der Waals surface area contributed by atoms with Gasteiger partial charge in [-0.15, -0.1) is 0 Å². The van der Waals surface area contributed by atoms with Gasteiger partial charge in [-0.1, -0.05) is 56.3 Å². The van der Waals surface area contributed by atoms with Crippen LogP contribution in [0.4, 0.5) is 0 Å². The van der Waals surface area contributed by atoms with E-state index in [9.17, 15) is 19.5 Å². The summed E-state index contributed by atoms with van der Waals surface area (Å²) in [6, 6.07) is 20.1. The van der Waals surface area contributed by atoms with Crippen LogP contribution >= 0.6 is 0 Å². The minimum absolute atomic E-state index is 0.0440. The van der Waals surface area contributed by atoms with Crippen molar-refractivity contribution in [2.24, 2.45) is 11.5 Å². The summed E-state index contributed by atoms with van der Waals surface area (Å²) in [6.45, 7) is 5.87. The Labute approximate surface area is 241 Å². The molecule has 41 heavy (non-hydrogen) atoms. The van der Waals surface area contributed by atoms with Crippen molar-refractivity contribution in [1.82, 2.24) is 10.2 Å². The molecule has 9 nitrogen and oxygen atoms in total. The summed E-state index contributed by atoms with van der Waals surface area (Å²) in [5.41, 5.74) is 14.3. The summed E-state index contributed by atoms with van der Waals surface area (Å²) in [4.78, 5) is 40.5. The summed E-state index contributed by atoms with van der Waals surface area (Å²) in [6.07, 6.45) is 1.19. The van der Waals surface area contributed by atoms with Crippen LogP contribution in [-0.4, -0.2) is 59.6 Å². The smallest absolute Gasteiger partial charge is 0.338 e. The first-order valence-electron chi connectivity index (χ1n) is 13.9. The van der Waals surface area contributed by atoms with Crippen molar-refractivity contribution in [3.63, 3.8) is 0 Å². The molecular weight excluding hydrogens is 520 g/mol. The molecule has 2 amide bonds. The minimum Gasteiger partial charge on any atom is -0.508 e. The first kappa shape index (κ1) is 31.3. The fourth-order valence-electron chi connectivity index (χ4n) is 4.52. The number of primary amides is 1. The van der Waals surface area contributed by atoms with Crippen molar-refractivity contribution in [2.45, 2.75) is 51.8 Å². The molecule has 0 saturated carbocycles. The van der Waals surface area contributed by atoms with Gasteiger partial charge in [-0.25, -0.2) is 4.79 Å². The van der Waals surface area contributed by atoms with E-state index in [1.54, 1.807) is 29.2 Å². The molecule has 3 rings (SSSR count). The normalized spacial score (nSPS) is 12.4. The molecule has 0 aromatic heterocycles. The van der Waals surface area contributed by atoms with Gasteiger partial charge in [-0.3, -0.25) is 9.59 Å². The van der Waals surface area contributed by atoms with Crippen molar-refractivity contribution >= 4 is 17.8 Å². The lowest BCUT2D eigenvalue weighted by molar-refractivity contribution is 0.0238. The topological polar surface area (TPSA) is 148 Å². The third-order valence-electron chi connectivity index (χ3n) is 6.64. The summed E-state index contributed by atoms with van der Waals surface area (Å²) in [5.74, 6) is -1.61. The zero-order valence-electron chi connectivity index (χ0n) is 23.7. The fraction of sp³-hybridized carbons (Fsp3) is 0.344. The van der Waals surface area contributed by atoms with Crippen molar-refractivity contribution in [3.8, 4) is 5.75 Å². The molecular formula is C32H40N4O5. The van der Waals surface area contributed by atoms with Crippen LogP contribution in [0.2, 0.25) is 0 Å². The zero-order chi connectivity index (χ0) is 29.8. The highest BCUT2D eigenvalue weighted by atomic mass is 16.5. The van der Waals surface area contributed by atoms with Gasteiger partial charge in [0.25, 0.3) is 5.91 Å². The molecule has 0 spiro atoms. The number of carbonyl (C=O) groups is 3. The summed E-state index contributed by atoms with van der Waals surface area (Å²) in [7, 11) is 0. The number of esters is 1. The van der Waals surface area contributed by atoms with E-state index < -0.39 is 24.0 Å². The highest BCUT2D eigenvalue weighted by molar-refractivity contribution is 6.03. The van der Waals surface area contributed by atoms with E-state index in [1.807, 2.05) is 44.2 Å². The number of carbonyl (C=O) groups excluding carboxylic acids is 3. The molecule has 0 heterocycles. The van der Waals surface area contributed by atoms with Crippen molar-refractivity contribution in [1.29, 1.82) is 0 Å². The van der Waals surface area contributed by atoms with Crippen LogP contribution < -0.4 is 16.8 Å². The molecule has 218 valence electrons. The predicted molar refractivity (Wildman–Crippen MR) is 159 cm³/mol. The van der Waals surface area contributed by atoms with Crippen LogP contribution in [0, 0.1) is 0 Å². The van der Waals surface area contributed by atoms with E-state index in [1.165, 1.54) is 18.2 Å². The Kier molecular flexibility index (Phi) is 11.9. The van der Waals surface area contributed by atoms with Crippen molar-refractivity contribution in [3.05, 3.63) is 101 Å². The molecule has 0 aliphatic heterocycles. The Morgan fingerprint density at radius 1 is 0.878 bits per heavy atom. The van der Waals surface area contributed by atoms with Gasteiger partial charge in [0.05, 0.1) is 5.56 Å². The summed E-state index contributed by atoms with van der Waals surface area (Å²) in [5, 5.41) is 12.9. The number of hydrogen-bond acceptors (Lipinski definition) is 7. The molecule has 0 unspecified atom stereocenters. The predicted octanol–water partition coefficient (Wildman–Crippen LogP) is 3.64. The third kappa shape index (κ3) is 9.44. The number of hydrogen-bond donors (Lipinski definition) is 4. The third-order valence-corrected chi connectivity index (χ3v) is 6.64. The first-order chi connectivity index (χ1) is 19.7. The number of phenolic OH excluding ortho intramolecular Hbond substituents is 1. The summed E-state index contributed by atoms with van der Waals surface area (Å²) < 4.78 is 5.90. The second-order valence-electron chi connectivity index (χ2n) is 10.1. The molecule has 9 heteroatoms. The molecule has 2 atom stereocenters. The number of benzene rings is 3. The number of nitrogens with two attached hydrogens (primary N) is 2. The van der Waals surface area contributed by atoms with E-state index in [2.05, 4.69) is 5.32 Å². The quantitative estimate of drug-likeness (QED) is 0.207. The Hall–Kier alpha value is -4.21. The van der Waals surface area contributed by atoms with Crippen LogP contribution in [0.1, 0.15) is 68.9 Å². The molecule has 3 aromatic rings. The number of ether oxygens (including phenoxy) is 1. The van der Waals surface area contributed by atoms with Gasteiger partial charge in [-0.2, -0.15) is 0 Å². The van der Waals surface area contributed by atoms with Crippen LogP contribution in [0.5, 0.6) is 5.75 Å². The number of amides is 2. The monoisotopic (exact) mass is 560 g/mol. The number of nitrogens with one attached hydrogen (secondary N) is 1. The van der Waals surface area contributed by atoms with Gasteiger partial charge < -0.3 is 31.5 Å². The lowest BCUT2D eigenvalue weighted by atomic mass is 10.0. The van der Waals surface area contributed by atoms with Gasteiger partial charge in [0, 0.05) is 43.3 Å². The molecule has 0 saturated heterocycles. The van der Waals surface area contributed by atoms with Crippen molar-refractivity contribution < 1.29 is 24.2 Å². The highest BCUT2D eigenvalue weighted by Gasteiger charge is 2.25. The largest absolute Gasteiger partial charge is 0.508 e. The minimum atomic E-state index is -0.753. The first-order valence-corrected chi connectivity index (χ1v) is 13.9. The molecule has 0 bridgehead atoms. The second-order valence-corrected chi connectivity index (χ2v) is 10.1. The number of phenols is 1. The molecule has 0 radical (unpaired) electrons. The maximum absolute atomic E-state index is 13.4. The average molecular weight is 561 g/mol. The van der Waals surface area contributed by atoms with E-state index in [4.69, 9.17) is 16.2 Å². The maximum Gasteiger partial charge on any atom is 0.338 e. The average Bonchev–Trinajstić information content (AvgIpc) is 2.97. The van der Waals surface area contributed by atoms with Crippen molar-refractivity contribution in [2.75, 3.05) is 19.6 Å². The molecule has 0 aliphatic rings. The summed E-state index contributed by atoms with van der Waals surface area (Å²) >= 11 is 0. The van der Waals surface area contributed by atoms with Gasteiger partial charge in [-0.05, 0) is 60.7 Å². The number of rotatable bonds is 15. The highest BCUT2D eigenvalue weighted by Crippen LogP contribution is 2.18. The lowest BCUT2D eigenvalue weighted by Crippen LogP contribution is -2.46. The van der Waals surface area contributed by atoms with Crippen LogP contribution in [-0.2, 0) is 17.7 Å². The van der Waals surface area contributed by atoms with E-state index in [0.717, 1.165) is 24.0 Å². The van der Waals surface area contributed by atoms with Crippen LogP contribution in [0.3, 0.4) is 0 Å². The molecule has 0 aliphatic carbocycles. The van der Waals surface area contributed by atoms with E-state index in [0.29, 0.717) is 26.1 Å². The maximum atomic E-state index is 13.4. The lowest BCUT2D eigenvalue weighted by Gasteiger charge is -2.25. The van der Waals surface area contributed by atoms with Gasteiger partial charge in [0.15, 0.2) is 0 Å². The van der Waals surface area contributed by atoms with Gasteiger partial charge in [0.1, 0.15) is 11.9 Å². The Morgan fingerprint density at radius 3 is 2.10 bits per heavy atom. The van der Waals surface area contributed by atoms with E-state index in [-0.39, 0.29) is 34.9 Å². The van der Waals surface area contributed by atoms with Crippen LogP contribution in [0.15, 0.2) is 72.8 Å². The standard InChI is InChI=1S/C32H40N4O5/c1-3-14-36(15-4-2)31(39)25-17-24(30(34)38)18-26(19-25)32(40)41-29(21-35-20-23-8-6-5-7-9-23)28(33)16-22-10-12-27(37)13-11-22/h5-13,17-19,28-29,35,37H,3-4,14-16,20-21,33H2,1-2H3,(H2,34,38)/t28-,29+/m0/s1. The SMILES string of the molecule is CCCN(CCC)C(=O)c1cc(C(N)=O)cc(C(=O)O[C@H](CNCc2ccccc2)[C@@H](N)Cc2ccc(O)cc2)c1. The van der Waals surface area contributed by atoms with Gasteiger partial charge >= 0.3 is 5.97 Å². The Bertz CT molecular complexity index is 1290. The Balaban J connectivity index is 1.84. The number of nitrogens with zero attached hydrogens (tertiary/aromatic N) is 1.